The van der Waals surface area contributed by atoms with Crippen molar-refractivity contribution in [1.29, 1.82) is 0 Å². The molecule has 2 N–H and O–H groups in total. The van der Waals surface area contributed by atoms with Gasteiger partial charge in [-0.05, 0) is 71.6 Å². The molecule has 0 saturated heterocycles. The van der Waals surface area contributed by atoms with Crippen molar-refractivity contribution < 1.29 is 32.9 Å². The summed E-state index contributed by atoms with van der Waals surface area (Å²) in [5.74, 6) is -1.38. The van der Waals surface area contributed by atoms with E-state index in [1.807, 2.05) is 36.4 Å². The number of ether oxygens (including phenoxy) is 1. The van der Waals surface area contributed by atoms with E-state index in [0.29, 0.717) is 24.9 Å². The van der Waals surface area contributed by atoms with Crippen LogP contribution < -0.4 is 10.6 Å². The largest absolute Gasteiger partial charge is 0.449 e. The summed E-state index contributed by atoms with van der Waals surface area (Å²) < 4.78 is 32.7. The zero-order chi connectivity index (χ0) is 33.2. The van der Waals surface area contributed by atoms with Gasteiger partial charge in [0.1, 0.15) is 12.4 Å². The number of carbonyl (C=O) groups is 2. The molecule has 0 aromatic heterocycles. The smallest absolute Gasteiger partial charge is 0.407 e. The molecule has 2 aliphatic rings. The van der Waals surface area contributed by atoms with E-state index in [4.69, 9.17) is 13.8 Å². The van der Waals surface area contributed by atoms with E-state index in [9.17, 15) is 24.3 Å². The lowest BCUT2D eigenvalue weighted by molar-refractivity contribution is -0.384. The van der Waals surface area contributed by atoms with Crippen LogP contribution >= 0.6 is 7.60 Å². The fourth-order valence-corrected chi connectivity index (χ4v) is 8.61. The zero-order valence-electron chi connectivity index (χ0n) is 26.6. The Balaban J connectivity index is 1.32. The number of non-ortho nitro benzene ring substituents is 1. The SMILES string of the molecule is CC(=O)NCCCCOP(=O)(OCc1ccc([N+](=O)[O-])cc1)[C@@H](NC(=O)OCC1c2ccccc2-c2ccccc21)C1CCCCC1. The van der Waals surface area contributed by atoms with Crippen LogP contribution in [0.5, 0.6) is 0 Å². The van der Waals surface area contributed by atoms with E-state index >= 15 is 0 Å². The Morgan fingerprint density at radius 1 is 0.915 bits per heavy atom. The van der Waals surface area contributed by atoms with Gasteiger partial charge in [-0.2, -0.15) is 0 Å². The highest BCUT2D eigenvalue weighted by molar-refractivity contribution is 7.54. The van der Waals surface area contributed by atoms with Crippen LogP contribution in [0.3, 0.4) is 0 Å². The van der Waals surface area contributed by atoms with Gasteiger partial charge >= 0.3 is 13.7 Å². The van der Waals surface area contributed by atoms with Crippen LogP contribution in [0.2, 0.25) is 0 Å². The van der Waals surface area contributed by atoms with Crippen molar-refractivity contribution >= 4 is 25.3 Å². The van der Waals surface area contributed by atoms with Gasteiger partial charge in [0, 0.05) is 31.5 Å². The van der Waals surface area contributed by atoms with Crippen LogP contribution in [0, 0.1) is 16.0 Å². The highest BCUT2D eigenvalue weighted by atomic mass is 31.2. The lowest BCUT2D eigenvalue weighted by atomic mass is 9.89. The third-order valence-corrected chi connectivity index (χ3v) is 11.1. The second-order valence-electron chi connectivity index (χ2n) is 12.1. The highest BCUT2D eigenvalue weighted by Crippen LogP contribution is 2.57. The minimum absolute atomic E-state index is 0.0654. The number of nitrogens with one attached hydrogen (secondary N) is 2. The standard InChI is InChI=1S/C35H42N3O8P/c1-25(39)36-21-9-10-22-45-47(43,46-23-26-17-19-28(20-18-26)38(41)42)34(27-11-3-2-4-12-27)37-35(40)44-24-33-31-15-7-5-13-29(31)30-14-6-8-16-32(30)33/h5-8,13-20,27,33-34H,2-4,9-12,21-24H2,1H3,(H,36,39)(H,37,40)/t34-,47?/m1/s1. The molecule has 47 heavy (non-hydrogen) atoms. The summed E-state index contributed by atoms with van der Waals surface area (Å²) in [6.07, 6.45) is 4.79. The number of hydrogen-bond donors (Lipinski definition) is 2. The second-order valence-corrected chi connectivity index (χ2v) is 14.2. The average molecular weight is 664 g/mol. The summed E-state index contributed by atoms with van der Waals surface area (Å²) in [5, 5.41) is 16.8. The van der Waals surface area contributed by atoms with Gasteiger partial charge in [0.25, 0.3) is 5.69 Å². The van der Waals surface area contributed by atoms with E-state index in [2.05, 4.69) is 22.8 Å². The predicted octanol–water partition coefficient (Wildman–Crippen LogP) is 7.68. The number of nitro benzene ring substituents is 1. The van der Waals surface area contributed by atoms with Gasteiger partial charge in [0.05, 0.1) is 18.1 Å². The number of nitro groups is 1. The van der Waals surface area contributed by atoms with Crippen LogP contribution in [-0.4, -0.2) is 42.5 Å². The van der Waals surface area contributed by atoms with Crippen molar-refractivity contribution in [1.82, 2.24) is 10.6 Å². The molecule has 2 amide bonds. The van der Waals surface area contributed by atoms with Crippen LogP contribution in [-0.2, 0) is 29.8 Å². The van der Waals surface area contributed by atoms with E-state index < -0.39 is 24.4 Å². The van der Waals surface area contributed by atoms with Gasteiger partial charge in [-0.15, -0.1) is 0 Å². The van der Waals surface area contributed by atoms with Gasteiger partial charge < -0.3 is 24.4 Å². The monoisotopic (exact) mass is 663 g/mol. The molecule has 1 fully saturated rings. The predicted molar refractivity (Wildman–Crippen MR) is 178 cm³/mol. The Bertz CT molecular complexity index is 1550. The van der Waals surface area contributed by atoms with Crippen LogP contribution in [0.4, 0.5) is 10.5 Å². The molecule has 0 bridgehead atoms. The maximum atomic E-state index is 14.7. The van der Waals surface area contributed by atoms with Crippen molar-refractivity contribution in [2.45, 2.75) is 70.2 Å². The second kappa shape index (κ2) is 16.2. The van der Waals surface area contributed by atoms with E-state index in [0.717, 1.165) is 54.4 Å². The average Bonchev–Trinajstić information content (AvgIpc) is 3.41. The van der Waals surface area contributed by atoms with Crippen molar-refractivity contribution in [2.75, 3.05) is 19.8 Å². The van der Waals surface area contributed by atoms with Crippen molar-refractivity contribution in [3.05, 3.63) is 99.6 Å². The summed E-state index contributed by atoms with van der Waals surface area (Å²) in [4.78, 5) is 35.4. The first-order chi connectivity index (χ1) is 22.7. The fourth-order valence-electron chi connectivity index (χ4n) is 6.43. The number of rotatable bonds is 15. The Kier molecular flexibility index (Phi) is 11.8. The first kappa shape index (κ1) is 34.3. The molecule has 2 atom stereocenters. The molecule has 0 spiro atoms. The number of amides is 2. The number of benzene rings is 3. The van der Waals surface area contributed by atoms with Gasteiger partial charge in [0.15, 0.2) is 0 Å². The zero-order valence-corrected chi connectivity index (χ0v) is 27.5. The molecule has 5 rings (SSSR count). The van der Waals surface area contributed by atoms with Crippen LogP contribution in [0.15, 0.2) is 72.8 Å². The van der Waals surface area contributed by atoms with Gasteiger partial charge in [-0.1, -0.05) is 67.8 Å². The molecule has 250 valence electrons. The summed E-state index contributed by atoms with van der Waals surface area (Å²) in [6.45, 7) is 1.97. The molecule has 3 aromatic carbocycles. The summed E-state index contributed by atoms with van der Waals surface area (Å²) in [5.41, 5.74) is 4.93. The maximum Gasteiger partial charge on any atom is 0.407 e. The fraction of sp³-hybridized carbons (Fsp3) is 0.429. The third kappa shape index (κ3) is 8.86. The van der Waals surface area contributed by atoms with Gasteiger partial charge in [-0.3, -0.25) is 19.5 Å². The summed E-state index contributed by atoms with van der Waals surface area (Å²) >= 11 is 0. The van der Waals surface area contributed by atoms with E-state index in [-0.39, 0.29) is 43.3 Å². The quantitative estimate of drug-likeness (QED) is 0.0729. The topological polar surface area (TPSA) is 146 Å². The Morgan fingerprint density at radius 3 is 2.17 bits per heavy atom. The van der Waals surface area contributed by atoms with Gasteiger partial charge in [-0.25, -0.2) is 4.79 Å². The first-order valence-electron chi connectivity index (χ1n) is 16.2. The Hall–Kier alpha value is -4.05. The molecule has 0 radical (unpaired) electrons. The summed E-state index contributed by atoms with van der Waals surface area (Å²) in [6, 6.07) is 22.0. The molecule has 2 aliphatic carbocycles. The van der Waals surface area contributed by atoms with Crippen LogP contribution in [0.1, 0.15) is 74.5 Å². The minimum Gasteiger partial charge on any atom is -0.449 e. The van der Waals surface area contributed by atoms with Crippen molar-refractivity contribution in [2.24, 2.45) is 5.92 Å². The number of carbonyl (C=O) groups excluding carboxylic acids is 2. The third-order valence-electron chi connectivity index (χ3n) is 8.82. The molecule has 12 heteroatoms. The molecule has 0 aliphatic heterocycles. The molecule has 1 saturated carbocycles. The highest BCUT2D eigenvalue weighted by Gasteiger charge is 2.43. The Labute approximate surface area is 275 Å². The Morgan fingerprint density at radius 2 is 1.55 bits per heavy atom. The lowest BCUT2D eigenvalue weighted by Crippen LogP contribution is -2.42. The minimum atomic E-state index is -4.00. The molecular formula is C35H42N3O8P. The number of hydrogen-bond acceptors (Lipinski definition) is 8. The molecule has 3 aromatic rings. The first-order valence-corrected chi connectivity index (χ1v) is 17.8. The number of fused-ring (bicyclic) bond motifs is 3. The number of alkyl carbamates (subject to hydrolysis) is 1. The summed E-state index contributed by atoms with van der Waals surface area (Å²) in [7, 11) is -4.00. The molecule has 1 unspecified atom stereocenters. The maximum absolute atomic E-state index is 14.7. The van der Waals surface area contributed by atoms with E-state index in [1.54, 1.807) is 12.1 Å². The number of unbranched alkanes of at least 4 members (excludes halogenated alkanes) is 1. The normalized spacial score (nSPS) is 16.4. The molecular weight excluding hydrogens is 621 g/mol. The number of nitrogens with zero attached hydrogens (tertiary/aromatic N) is 1. The lowest BCUT2D eigenvalue weighted by Gasteiger charge is -2.35. The van der Waals surface area contributed by atoms with Crippen molar-refractivity contribution in [3.8, 4) is 11.1 Å². The van der Waals surface area contributed by atoms with E-state index in [1.165, 1.54) is 19.1 Å². The molecule has 11 nitrogen and oxygen atoms in total. The molecule has 0 heterocycles. The van der Waals surface area contributed by atoms with Crippen molar-refractivity contribution in [3.63, 3.8) is 0 Å². The van der Waals surface area contributed by atoms with Gasteiger partial charge in [0.2, 0.25) is 5.91 Å². The van der Waals surface area contributed by atoms with Crippen LogP contribution in [0.25, 0.3) is 11.1 Å².